The third-order valence-corrected chi connectivity index (χ3v) is 3.46. The Morgan fingerprint density at radius 1 is 2.00 bits per heavy atom. The third kappa shape index (κ3) is 4.52. The molecule has 0 saturated heterocycles. The summed E-state index contributed by atoms with van der Waals surface area (Å²) in [7, 11) is -0.208. The summed E-state index contributed by atoms with van der Waals surface area (Å²) in [6.45, 7) is 0. The molecule has 0 amide bonds. The van der Waals surface area contributed by atoms with Crippen LogP contribution < -0.4 is 0 Å². The normalized spacial score (nSPS) is 6.40. The van der Waals surface area contributed by atoms with Crippen molar-refractivity contribution in [3.8, 4) is 0 Å². The van der Waals surface area contributed by atoms with E-state index in [1.54, 1.807) is 5.75 Å². The fraction of sp³-hybridized carbons (Fsp3) is 0. The van der Waals surface area contributed by atoms with Crippen LogP contribution in [0.2, 0.25) is 0 Å². The Labute approximate surface area is 40.5 Å². The first-order chi connectivity index (χ1) is 2.27. The quantitative estimate of drug-likeness (QED) is 0.349. The molecule has 0 rings (SSSR count). The second kappa shape index (κ2) is 2.74. The predicted molar refractivity (Wildman–Crippen MR) is 31.2 cm³/mol. The Bertz CT molecular complexity index is 113. The molecule has 0 N–H and O–H groups in total. The molecule has 0 aromatic heterocycles. The van der Waals surface area contributed by atoms with Gasteiger partial charge in [-0.3, -0.25) is 0 Å². The van der Waals surface area contributed by atoms with Gasteiger partial charge in [-0.15, -0.1) is 0 Å². The van der Waals surface area contributed by atoms with Crippen LogP contribution in [0.1, 0.15) is 0 Å². The van der Waals surface area contributed by atoms with Crippen molar-refractivity contribution in [2.24, 2.45) is 0 Å². The van der Waals surface area contributed by atoms with Crippen molar-refractivity contribution in [2.45, 2.75) is 0 Å². The van der Waals surface area contributed by atoms with Gasteiger partial charge in [-0.05, 0) is 0 Å². The second-order valence-corrected chi connectivity index (χ2v) is 3.89. The number of hydrogen-bond acceptors (Lipinski definition) is 2. The van der Waals surface area contributed by atoms with Crippen molar-refractivity contribution in [2.75, 3.05) is 0 Å². The van der Waals surface area contributed by atoms with Crippen molar-refractivity contribution in [3.63, 3.8) is 0 Å². The first-order valence-electron chi connectivity index (χ1n) is 1.15. The van der Waals surface area contributed by atoms with Gasteiger partial charge in [0, 0.05) is 0 Å². The standard InChI is InChI=1S/BH3OS2Si/c2-4(3)1-5/h5H3. The average molecular weight is 122 g/mol. The molecule has 0 aromatic carbocycles. The molecule has 0 aliphatic heterocycles. The van der Waals surface area contributed by atoms with Gasteiger partial charge in [0.05, 0.1) is 0 Å². The summed E-state index contributed by atoms with van der Waals surface area (Å²) in [5, 5.41) is 0. The molecule has 0 aliphatic rings. The summed E-state index contributed by atoms with van der Waals surface area (Å²) in [6, 6.07) is 0. The fourth-order valence-corrected chi connectivity index (χ4v) is 0. The maximum atomic E-state index is 9.72. The van der Waals surface area contributed by atoms with E-state index in [2.05, 4.69) is 11.2 Å². The van der Waals surface area contributed by atoms with Gasteiger partial charge < -0.3 is 0 Å². The fourth-order valence-electron chi connectivity index (χ4n) is 0. The van der Waals surface area contributed by atoms with Crippen molar-refractivity contribution in [1.29, 1.82) is 0 Å². The Hall–Kier alpha value is 0.522. The Balaban J connectivity index is 4.25. The van der Waals surface area contributed by atoms with Crippen LogP contribution >= 0.6 is 0 Å². The first kappa shape index (κ1) is 5.52. The molecule has 0 radical (unpaired) electrons. The zero-order valence-corrected chi connectivity index (χ0v) is 6.44. The van der Waals surface area contributed by atoms with Crippen LogP contribution in [-0.2, 0) is 20.0 Å². The molecule has 0 spiro atoms. The van der Waals surface area contributed by atoms with E-state index in [1.165, 1.54) is 0 Å². The van der Waals surface area contributed by atoms with Crippen LogP contribution in [0.3, 0.4) is 0 Å². The molecular weight excluding hydrogens is 119 g/mol. The van der Waals surface area contributed by atoms with Crippen LogP contribution in [-0.4, -0.2) is 20.1 Å². The summed E-state index contributed by atoms with van der Waals surface area (Å²) in [5.41, 5.74) is 0. The zero-order valence-electron chi connectivity index (χ0n) is 2.80. The average Bonchev–Trinajstić information content (AvgIpc) is 1.38. The molecule has 0 saturated carbocycles. The molecule has 0 bridgehead atoms. The van der Waals surface area contributed by atoms with Gasteiger partial charge in [0.2, 0.25) is 0 Å². The molecule has 0 unspecified atom stereocenters. The van der Waals surface area contributed by atoms with E-state index in [9.17, 15) is 4.21 Å². The third-order valence-electron chi connectivity index (χ3n) is 0.192. The van der Waals surface area contributed by atoms with Gasteiger partial charge in [0.1, 0.15) is 0 Å². The minimum atomic E-state index is -1.05. The maximum absolute atomic E-state index is 9.72. The molecule has 0 aromatic rings. The minimum absolute atomic E-state index is 0.844. The molecule has 0 fully saturated rings. The van der Waals surface area contributed by atoms with Gasteiger partial charge in [-0.25, -0.2) is 0 Å². The predicted octanol–water partition coefficient (Wildman–Crippen LogP) is -1.90. The molecule has 28 valence electrons. The Morgan fingerprint density at radius 2 is 2.20 bits per heavy atom. The molecule has 0 aliphatic carbocycles. The van der Waals surface area contributed by atoms with E-state index in [1.807, 2.05) is 0 Å². The van der Waals surface area contributed by atoms with Crippen molar-refractivity contribution < 1.29 is 4.21 Å². The van der Waals surface area contributed by atoms with Crippen LogP contribution in [0.4, 0.5) is 0 Å². The summed E-state index contributed by atoms with van der Waals surface area (Å²) in [6.07, 6.45) is 0. The summed E-state index contributed by atoms with van der Waals surface area (Å²) in [4.78, 5) is 0. The second-order valence-electron chi connectivity index (χ2n) is 0.496. The number of hydrogen-bond donors (Lipinski definition) is 0. The van der Waals surface area contributed by atoms with E-state index in [4.69, 9.17) is 0 Å². The Morgan fingerprint density at radius 3 is 2.20 bits per heavy atom. The van der Waals surface area contributed by atoms with Crippen LogP contribution in [0.15, 0.2) is 0 Å². The SMILES string of the molecule is O=S(=S)=B[SiH3]. The van der Waals surface area contributed by atoms with Gasteiger partial charge in [-0.2, -0.15) is 0 Å². The van der Waals surface area contributed by atoms with Crippen LogP contribution in [0.25, 0.3) is 0 Å². The topological polar surface area (TPSA) is 17.1 Å². The van der Waals surface area contributed by atoms with E-state index in [-0.39, 0.29) is 0 Å². The number of rotatable bonds is 0. The van der Waals surface area contributed by atoms with E-state index < -0.39 is 8.79 Å². The van der Waals surface area contributed by atoms with Gasteiger partial charge in [0.25, 0.3) is 0 Å². The first-order valence-corrected chi connectivity index (χ1v) is 4.44. The molecule has 0 atom stereocenters. The van der Waals surface area contributed by atoms with Crippen molar-refractivity contribution in [1.82, 2.24) is 0 Å². The summed E-state index contributed by atoms with van der Waals surface area (Å²) >= 11 is 4.23. The molecular formula is H3BOS2Si. The van der Waals surface area contributed by atoms with E-state index in [0.717, 1.165) is 10.1 Å². The molecule has 5 heteroatoms. The molecule has 1 nitrogen and oxygen atoms in total. The van der Waals surface area contributed by atoms with Gasteiger partial charge >= 0.3 is 40.0 Å². The van der Waals surface area contributed by atoms with Crippen LogP contribution in [0.5, 0.6) is 0 Å². The van der Waals surface area contributed by atoms with E-state index >= 15 is 0 Å². The summed E-state index contributed by atoms with van der Waals surface area (Å²) < 4.78 is 9.72. The van der Waals surface area contributed by atoms with Gasteiger partial charge in [0.15, 0.2) is 0 Å². The monoisotopic (exact) mass is 122 g/mol. The zero-order chi connectivity index (χ0) is 4.28. The van der Waals surface area contributed by atoms with Crippen molar-refractivity contribution >= 4 is 35.8 Å². The van der Waals surface area contributed by atoms with Crippen LogP contribution in [0, 0.1) is 0 Å². The summed E-state index contributed by atoms with van der Waals surface area (Å²) in [5.74, 6) is 1.59. The van der Waals surface area contributed by atoms with Crippen molar-refractivity contribution in [3.05, 3.63) is 0 Å². The molecule has 0 heterocycles. The Kier molecular flexibility index (Phi) is 3.03. The van der Waals surface area contributed by atoms with E-state index in [0.29, 0.717) is 0 Å². The molecule has 5 heavy (non-hydrogen) atoms. The van der Waals surface area contributed by atoms with Gasteiger partial charge in [-0.1, -0.05) is 0 Å².